The molecule has 7 nitrogen and oxygen atoms in total. The van der Waals surface area contributed by atoms with Crippen molar-refractivity contribution in [2.75, 3.05) is 0 Å². The highest BCUT2D eigenvalue weighted by molar-refractivity contribution is 5.94. The molecule has 21 heavy (non-hydrogen) atoms. The molecule has 0 fully saturated rings. The number of furan rings is 1. The van der Waals surface area contributed by atoms with Crippen molar-refractivity contribution in [3.05, 3.63) is 58.0 Å². The van der Waals surface area contributed by atoms with Crippen molar-refractivity contribution in [3.63, 3.8) is 0 Å². The van der Waals surface area contributed by atoms with E-state index in [0.717, 1.165) is 0 Å². The van der Waals surface area contributed by atoms with E-state index in [1.54, 1.807) is 31.2 Å². The molecule has 3 N–H and O–H groups in total. The Bertz CT molecular complexity index is 872. The second-order valence-electron chi connectivity index (χ2n) is 4.58. The molecular formula is C14H13N3O4. The van der Waals surface area contributed by atoms with Gasteiger partial charge in [0.05, 0.1) is 17.6 Å². The average molecular weight is 287 g/mol. The molecule has 0 radical (unpaired) electrons. The van der Waals surface area contributed by atoms with Crippen LogP contribution in [-0.4, -0.2) is 10.5 Å². The van der Waals surface area contributed by atoms with E-state index in [9.17, 15) is 9.59 Å². The van der Waals surface area contributed by atoms with E-state index < -0.39 is 11.7 Å². The van der Waals surface area contributed by atoms with Crippen LogP contribution < -0.4 is 17.0 Å². The first-order valence-electron chi connectivity index (χ1n) is 6.29. The number of benzene rings is 1. The van der Waals surface area contributed by atoms with Crippen LogP contribution >= 0.6 is 0 Å². The number of hydrazine groups is 1. The highest BCUT2D eigenvalue weighted by Crippen LogP contribution is 2.18. The van der Waals surface area contributed by atoms with E-state index in [1.165, 1.54) is 4.57 Å². The Morgan fingerprint density at radius 2 is 2.10 bits per heavy atom. The first kappa shape index (κ1) is 13.2. The van der Waals surface area contributed by atoms with Gasteiger partial charge in [-0.2, -0.15) is 0 Å². The number of nitrogens with two attached hydrogens (primary N) is 1. The number of fused-ring (bicyclic) bond motifs is 1. The van der Waals surface area contributed by atoms with Crippen LogP contribution in [0.2, 0.25) is 0 Å². The minimum Gasteiger partial charge on any atom is -0.464 e. The zero-order valence-corrected chi connectivity index (χ0v) is 11.3. The summed E-state index contributed by atoms with van der Waals surface area (Å²) in [5.41, 5.74) is 3.56. The van der Waals surface area contributed by atoms with Gasteiger partial charge in [-0.25, -0.2) is 10.6 Å². The Kier molecular flexibility index (Phi) is 3.11. The quantitative estimate of drug-likeness (QED) is 0.427. The largest absolute Gasteiger partial charge is 0.464 e. The molecule has 3 rings (SSSR count). The predicted molar refractivity (Wildman–Crippen MR) is 74.7 cm³/mol. The Morgan fingerprint density at radius 1 is 1.33 bits per heavy atom. The number of nitrogens with zero attached hydrogens (tertiary/aromatic N) is 1. The third-order valence-corrected chi connectivity index (χ3v) is 3.23. The zero-order valence-electron chi connectivity index (χ0n) is 11.3. The lowest BCUT2D eigenvalue weighted by Crippen LogP contribution is -2.30. The van der Waals surface area contributed by atoms with Gasteiger partial charge in [-0.3, -0.25) is 14.8 Å². The van der Waals surface area contributed by atoms with Crippen molar-refractivity contribution in [3.8, 4) is 0 Å². The van der Waals surface area contributed by atoms with Crippen molar-refractivity contribution in [2.24, 2.45) is 5.84 Å². The molecular weight excluding hydrogens is 274 g/mol. The number of carbonyl (C=O) groups is 1. The van der Waals surface area contributed by atoms with Gasteiger partial charge in [0.2, 0.25) is 0 Å². The van der Waals surface area contributed by atoms with Crippen LogP contribution in [0.4, 0.5) is 0 Å². The molecule has 0 aliphatic rings. The molecule has 0 unspecified atom stereocenters. The van der Waals surface area contributed by atoms with E-state index in [4.69, 9.17) is 14.7 Å². The van der Waals surface area contributed by atoms with E-state index >= 15 is 0 Å². The van der Waals surface area contributed by atoms with Crippen molar-refractivity contribution < 1.29 is 13.6 Å². The maximum Gasteiger partial charge on any atom is 0.420 e. The summed E-state index contributed by atoms with van der Waals surface area (Å²) in [6.07, 6.45) is 0. The van der Waals surface area contributed by atoms with Gasteiger partial charge in [0.1, 0.15) is 11.5 Å². The van der Waals surface area contributed by atoms with Gasteiger partial charge in [0, 0.05) is 0 Å². The van der Waals surface area contributed by atoms with Gasteiger partial charge < -0.3 is 8.83 Å². The summed E-state index contributed by atoms with van der Waals surface area (Å²) in [5.74, 6) is 5.10. The molecule has 0 spiro atoms. The summed E-state index contributed by atoms with van der Waals surface area (Å²) in [6.45, 7) is 1.83. The van der Waals surface area contributed by atoms with Crippen molar-refractivity contribution in [2.45, 2.75) is 13.5 Å². The van der Waals surface area contributed by atoms with E-state index in [2.05, 4.69) is 0 Å². The second kappa shape index (κ2) is 4.95. The lowest BCUT2D eigenvalue weighted by atomic mass is 10.2. The summed E-state index contributed by atoms with van der Waals surface area (Å²) < 4.78 is 12.1. The Labute approximate surface area is 118 Å². The van der Waals surface area contributed by atoms with Gasteiger partial charge >= 0.3 is 5.76 Å². The average Bonchev–Trinajstić information content (AvgIpc) is 2.99. The van der Waals surface area contributed by atoms with Gasteiger partial charge in [-0.1, -0.05) is 12.1 Å². The maximum absolute atomic E-state index is 11.9. The summed E-state index contributed by atoms with van der Waals surface area (Å²) in [5, 5.41) is 0. The summed E-state index contributed by atoms with van der Waals surface area (Å²) in [6, 6.07) is 8.66. The number of hydrogen-bond donors (Lipinski definition) is 2. The summed E-state index contributed by atoms with van der Waals surface area (Å²) in [7, 11) is 0. The number of para-hydroxylation sites is 2. The van der Waals surface area contributed by atoms with Gasteiger partial charge in [0.15, 0.2) is 5.58 Å². The number of hydrogen-bond acceptors (Lipinski definition) is 5. The lowest BCUT2D eigenvalue weighted by Gasteiger charge is -1.98. The first-order chi connectivity index (χ1) is 10.1. The Balaban J connectivity index is 2.01. The molecule has 108 valence electrons. The molecule has 0 aliphatic carbocycles. The Morgan fingerprint density at radius 3 is 2.86 bits per heavy atom. The van der Waals surface area contributed by atoms with Crippen molar-refractivity contribution >= 4 is 17.0 Å². The van der Waals surface area contributed by atoms with Crippen LogP contribution in [0, 0.1) is 6.92 Å². The monoisotopic (exact) mass is 287 g/mol. The Hall–Kier alpha value is -2.80. The number of aromatic nitrogens is 1. The van der Waals surface area contributed by atoms with Gasteiger partial charge in [-0.05, 0) is 25.1 Å². The minimum absolute atomic E-state index is 0.175. The molecule has 1 amide bonds. The van der Waals surface area contributed by atoms with Crippen LogP contribution in [0.1, 0.15) is 21.9 Å². The van der Waals surface area contributed by atoms with Gasteiger partial charge in [0.25, 0.3) is 5.91 Å². The SMILES string of the molecule is Cc1oc(Cn2c(=O)oc3ccccc32)cc1C(=O)NN. The highest BCUT2D eigenvalue weighted by atomic mass is 16.4. The fourth-order valence-corrected chi connectivity index (χ4v) is 2.24. The second-order valence-corrected chi connectivity index (χ2v) is 4.58. The molecule has 2 heterocycles. The topological polar surface area (TPSA) is 103 Å². The van der Waals surface area contributed by atoms with Crippen LogP contribution in [0.15, 0.2) is 44.0 Å². The van der Waals surface area contributed by atoms with Crippen LogP contribution in [0.3, 0.4) is 0 Å². The minimum atomic E-state index is -0.477. The number of carbonyl (C=O) groups excluding carboxylic acids is 1. The van der Waals surface area contributed by atoms with Crippen molar-refractivity contribution in [1.82, 2.24) is 9.99 Å². The maximum atomic E-state index is 11.9. The molecule has 1 aromatic carbocycles. The number of amides is 1. The lowest BCUT2D eigenvalue weighted by molar-refractivity contribution is 0.0952. The normalized spacial score (nSPS) is 11.0. The molecule has 2 aromatic heterocycles. The number of nitrogens with one attached hydrogen (secondary N) is 1. The third kappa shape index (κ3) is 2.23. The molecule has 7 heteroatoms. The molecule has 3 aromatic rings. The highest BCUT2D eigenvalue weighted by Gasteiger charge is 2.16. The number of oxazole rings is 1. The standard InChI is InChI=1S/C14H13N3O4/c1-8-10(13(18)16-15)6-9(20-8)7-17-11-4-2-3-5-12(11)21-14(17)19/h2-6H,7,15H2,1H3,(H,16,18). The van der Waals surface area contributed by atoms with E-state index in [1.807, 2.05) is 11.5 Å². The molecule has 0 bridgehead atoms. The summed E-state index contributed by atoms with van der Waals surface area (Å²) in [4.78, 5) is 23.4. The number of aryl methyl sites for hydroxylation is 1. The van der Waals surface area contributed by atoms with E-state index in [0.29, 0.717) is 28.2 Å². The van der Waals surface area contributed by atoms with Crippen LogP contribution in [0.25, 0.3) is 11.1 Å². The van der Waals surface area contributed by atoms with Crippen LogP contribution in [0.5, 0.6) is 0 Å². The van der Waals surface area contributed by atoms with Crippen molar-refractivity contribution in [1.29, 1.82) is 0 Å². The zero-order chi connectivity index (χ0) is 15.0. The molecule has 0 saturated heterocycles. The smallest absolute Gasteiger partial charge is 0.420 e. The van der Waals surface area contributed by atoms with Gasteiger partial charge in [-0.15, -0.1) is 0 Å². The first-order valence-corrected chi connectivity index (χ1v) is 6.29. The molecule has 0 aliphatic heterocycles. The van der Waals surface area contributed by atoms with Crippen LogP contribution in [-0.2, 0) is 6.54 Å². The van der Waals surface area contributed by atoms with E-state index in [-0.39, 0.29) is 6.54 Å². The third-order valence-electron chi connectivity index (χ3n) is 3.23. The fraction of sp³-hybridized carbons (Fsp3) is 0.143. The fourth-order valence-electron chi connectivity index (χ4n) is 2.24. The predicted octanol–water partition coefficient (Wildman–Crippen LogP) is 1.15. The number of rotatable bonds is 3. The summed E-state index contributed by atoms with van der Waals surface area (Å²) >= 11 is 0. The molecule has 0 atom stereocenters. The number of nitrogen functional groups attached to an aromatic ring is 1. The molecule has 0 saturated carbocycles.